The first-order valence-electron chi connectivity index (χ1n) is 6.18. The van der Waals surface area contributed by atoms with Crippen LogP contribution in [0.1, 0.15) is 15.9 Å². The Morgan fingerprint density at radius 1 is 0.900 bits per heavy atom. The molecule has 2 aromatic carbocycles. The molecule has 0 aliphatic carbocycles. The molecule has 104 valence electrons. The topological polar surface area (TPSA) is 17.1 Å². The molecule has 0 spiro atoms. The molecule has 0 saturated heterocycles. The highest BCUT2D eigenvalue weighted by molar-refractivity contribution is 5.98. The number of hydrogen-bond acceptors (Lipinski definition) is 1. The third-order valence-corrected chi connectivity index (χ3v) is 3.05. The van der Waals surface area contributed by atoms with E-state index < -0.39 is 17.9 Å². The molecule has 0 N–H and O–H groups in total. The maximum Gasteiger partial charge on any atom is 0.399 e. The van der Waals surface area contributed by atoms with E-state index in [1.54, 1.807) is 48.5 Å². The van der Waals surface area contributed by atoms with E-state index in [1.165, 1.54) is 12.1 Å². The van der Waals surface area contributed by atoms with E-state index in [9.17, 15) is 18.0 Å². The van der Waals surface area contributed by atoms with Crippen molar-refractivity contribution in [2.75, 3.05) is 0 Å². The molecule has 1 atom stereocenters. The van der Waals surface area contributed by atoms with Crippen molar-refractivity contribution in [2.24, 2.45) is 5.92 Å². The lowest BCUT2D eigenvalue weighted by Crippen LogP contribution is -2.32. The number of carbonyl (C=O) groups excluding carboxylic acids is 1. The summed E-state index contributed by atoms with van der Waals surface area (Å²) in [5.74, 6) is -2.89. The molecule has 1 unspecified atom stereocenters. The fraction of sp³-hybridized carbons (Fsp3) is 0.188. The number of alkyl halides is 3. The molecule has 0 bridgehead atoms. The quantitative estimate of drug-likeness (QED) is 0.762. The summed E-state index contributed by atoms with van der Waals surface area (Å²) < 4.78 is 39.4. The minimum absolute atomic E-state index is 0.0887. The molecule has 0 saturated carbocycles. The molecule has 0 aliphatic heterocycles. The zero-order valence-electron chi connectivity index (χ0n) is 10.6. The Bertz CT molecular complexity index is 561. The molecule has 20 heavy (non-hydrogen) atoms. The van der Waals surface area contributed by atoms with Crippen LogP contribution in [0, 0.1) is 5.92 Å². The van der Waals surface area contributed by atoms with Gasteiger partial charge in [-0.2, -0.15) is 13.2 Å². The molecular weight excluding hydrogens is 265 g/mol. The summed E-state index contributed by atoms with van der Waals surface area (Å²) in [5, 5.41) is 0. The van der Waals surface area contributed by atoms with Crippen molar-refractivity contribution in [2.45, 2.75) is 12.6 Å². The molecule has 2 aromatic rings. The van der Waals surface area contributed by atoms with E-state index >= 15 is 0 Å². The van der Waals surface area contributed by atoms with Crippen molar-refractivity contribution in [3.63, 3.8) is 0 Å². The lowest BCUT2D eigenvalue weighted by Gasteiger charge is -2.19. The Balaban J connectivity index is 2.27. The number of hydrogen-bond donors (Lipinski definition) is 0. The van der Waals surface area contributed by atoms with Gasteiger partial charge in [0.15, 0.2) is 5.78 Å². The number of ketones is 1. The highest BCUT2D eigenvalue weighted by Gasteiger charge is 2.44. The van der Waals surface area contributed by atoms with Crippen LogP contribution in [0.2, 0.25) is 0 Å². The zero-order chi connectivity index (χ0) is 14.6. The average molecular weight is 278 g/mol. The van der Waals surface area contributed by atoms with Gasteiger partial charge in [0, 0.05) is 5.56 Å². The summed E-state index contributed by atoms with van der Waals surface area (Å²) >= 11 is 0. The number of Topliss-reactive ketones (excluding diaryl/α,β-unsaturated/α-hetero) is 1. The van der Waals surface area contributed by atoms with Gasteiger partial charge >= 0.3 is 6.18 Å². The van der Waals surface area contributed by atoms with Gasteiger partial charge in [0.05, 0.1) is 0 Å². The van der Waals surface area contributed by atoms with Gasteiger partial charge in [-0.1, -0.05) is 60.7 Å². The maximum absolute atomic E-state index is 13.1. The molecule has 0 aromatic heterocycles. The second kappa shape index (κ2) is 5.90. The lowest BCUT2D eigenvalue weighted by atomic mass is 9.91. The summed E-state index contributed by atoms with van der Waals surface area (Å²) in [4.78, 5) is 12.1. The summed E-state index contributed by atoms with van der Waals surface area (Å²) in [7, 11) is 0. The summed E-state index contributed by atoms with van der Waals surface area (Å²) in [6, 6.07) is 15.8. The summed E-state index contributed by atoms with van der Waals surface area (Å²) in [6.07, 6.45) is -4.89. The van der Waals surface area contributed by atoms with E-state index in [-0.39, 0.29) is 12.0 Å². The van der Waals surface area contributed by atoms with E-state index in [4.69, 9.17) is 0 Å². The smallest absolute Gasteiger partial charge is 0.293 e. The number of carbonyl (C=O) groups is 1. The summed E-state index contributed by atoms with van der Waals surface area (Å²) in [6.45, 7) is 0. The van der Waals surface area contributed by atoms with Crippen molar-refractivity contribution in [1.82, 2.24) is 0 Å². The second-order valence-corrected chi connectivity index (χ2v) is 4.51. The van der Waals surface area contributed by atoms with Crippen LogP contribution < -0.4 is 0 Å². The zero-order valence-corrected chi connectivity index (χ0v) is 10.6. The Morgan fingerprint density at radius 3 is 1.90 bits per heavy atom. The molecule has 0 radical (unpaired) electrons. The first-order chi connectivity index (χ1) is 9.48. The van der Waals surface area contributed by atoms with Gasteiger partial charge in [-0.15, -0.1) is 0 Å². The van der Waals surface area contributed by atoms with Gasteiger partial charge < -0.3 is 0 Å². The van der Waals surface area contributed by atoms with Gasteiger partial charge in [-0.25, -0.2) is 0 Å². The van der Waals surface area contributed by atoms with Gasteiger partial charge in [0.25, 0.3) is 0 Å². The van der Waals surface area contributed by atoms with E-state index in [2.05, 4.69) is 0 Å². The van der Waals surface area contributed by atoms with E-state index in [1.807, 2.05) is 0 Å². The number of benzene rings is 2. The third kappa shape index (κ3) is 3.47. The van der Waals surface area contributed by atoms with Crippen LogP contribution in [0.4, 0.5) is 13.2 Å². The first kappa shape index (κ1) is 14.3. The van der Waals surface area contributed by atoms with Crippen molar-refractivity contribution in [1.29, 1.82) is 0 Å². The van der Waals surface area contributed by atoms with Crippen LogP contribution in [-0.2, 0) is 6.42 Å². The fourth-order valence-corrected chi connectivity index (χ4v) is 2.01. The van der Waals surface area contributed by atoms with Crippen LogP contribution in [0.25, 0.3) is 0 Å². The SMILES string of the molecule is O=C(c1ccccc1)C(Cc1ccccc1)C(F)(F)F. The maximum atomic E-state index is 13.1. The van der Waals surface area contributed by atoms with Crippen molar-refractivity contribution >= 4 is 5.78 Å². The van der Waals surface area contributed by atoms with Crippen LogP contribution in [0.3, 0.4) is 0 Å². The van der Waals surface area contributed by atoms with Crippen LogP contribution in [0.5, 0.6) is 0 Å². The van der Waals surface area contributed by atoms with Crippen molar-refractivity contribution < 1.29 is 18.0 Å². The van der Waals surface area contributed by atoms with Crippen molar-refractivity contribution in [3.05, 3.63) is 71.8 Å². The molecular formula is C16H13F3O. The normalized spacial score (nSPS) is 12.9. The Morgan fingerprint density at radius 2 is 1.40 bits per heavy atom. The minimum atomic E-state index is -4.55. The minimum Gasteiger partial charge on any atom is -0.293 e. The monoisotopic (exact) mass is 278 g/mol. The standard InChI is InChI=1S/C16H13F3O/c17-16(18,19)14(11-12-7-3-1-4-8-12)15(20)13-9-5-2-6-10-13/h1-10,14H,11H2. The first-order valence-corrected chi connectivity index (χ1v) is 6.18. The molecule has 0 amide bonds. The van der Waals surface area contributed by atoms with Gasteiger partial charge in [0.1, 0.15) is 5.92 Å². The molecule has 2 rings (SSSR count). The molecule has 0 heterocycles. The highest BCUT2D eigenvalue weighted by atomic mass is 19.4. The van der Waals surface area contributed by atoms with E-state index in [0.717, 1.165) is 0 Å². The van der Waals surface area contributed by atoms with Gasteiger partial charge in [0.2, 0.25) is 0 Å². The Hall–Kier alpha value is -2.10. The van der Waals surface area contributed by atoms with Crippen LogP contribution in [-0.4, -0.2) is 12.0 Å². The van der Waals surface area contributed by atoms with Gasteiger partial charge in [-0.05, 0) is 12.0 Å². The number of halogens is 3. The second-order valence-electron chi connectivity index (χ2n) is 4.51. The van der Waals surface area contributed by atoms with Crippen LogP contribution in [0.15, 0.2) is 60.7 Å². The van der Waals surface area contributed by atoms with Gasteiger partial charge in [-0.3, -0.25) is 4.79 Å². The Kier molecular flexibility index (Phi) is 4.23. The molecule has 4 heteroatoms. The predicted molar refractivity (Wildman–Crippen MR) is 70.5 cm³/mol. The largest absolute Gasteiger partial charge is 0.399 e. The van der Waals surface area contributed by atoms with Crippen LogP contribution >= 0.6 is 0 Å². The van der Waals surface area contributed by atoms with Crippen molar-refractivity contribution in [3.8, 4) is 0 Å². The third-order valence-electron chi connectivity index (χ3n) is 3.05. The molecule has 1 nitrogen and oxygen atoms in total. The highest BCUT2D eigenvalue weighted by Crippen LogP contribution is 2.32. The average Bonchev–Trinajstić information content (AvgIpc) is 2.45. The number of rotatable bonds is 4. The lowest BCUT2D eigenvalue weighted by molar-refractivity contribution is -0.160. The molecule has 0 fully saturated rings. The predicted octanol–water partition coefficient (Wildman–Crippen LogP) is 4.29. The fourth-order valence-electron chi connectivity index (χ4n) is 2.01. The summed E-state index contributed by atoms with van der Waals surface area (Å²) in [5.41, 5.74) is 0.588. The molecule has 0 aliphatic rings. The Labute approximate surface area is 115 Å². The van der Waals surface area contributed by atoms with E-state index in [0.29, 0.717) is 5.56 Å².